The molecule has 0 amide bonds. The van der Waals surface area contributed by atoms with E-state index in [1.807, 2.05) is 0 Å². The van der Waals surface area contributed by atoms with Crippen LogP contribution in [0.5, 0.6) is 11.5 Å². The zero-order chi connectivity index (χ0) is 66.5. The van der Waals surface area contributed by atoms with Gasteiger partial charge in [-0.05, 0) is 37.1 Å². The quantitative estimate of drug-likeness (QED) is 0.0252. The van der Waals surface area contributed by atoms with Crippen molar-refractivity contribution in [1.29, 1.82) is 0 Å². The maximum Gasteiger partial charge on any atom is 0.460 e. The Morgan fingerprint density at radius 1 is 0.345 bits per heavy atom. The molecule has 482 valence electrons. The zero-order valence-electron chi connectivity index (χ0n) is 38.9. The number of rotatable bonds is 29. The Balaban J connectivity index is 2.10. The van der Waals surface area contributed by atoms with Gasteiger partial charge in [0, 0.05) is 12.1 Å². The summed E-state index contributed by atoms with van der Waals surface area (Å²) in [6.45, 7) is -6.22. The van der Waals surface area contributed by atoms with Gasteiger partial charge in [0.25, 0.3) is 0 Å². The summed E-state index contributed by atoms with van der Waals surface area (Å²) >= 11 is 0. The van der Waals surface area contributed by atoms with Crippen LogP contribution in [0.3, 0.4) is 0 Å². The van der Waals surface area contributed by atoms with E-state index in [0.29, 0.717) is 12.1 Å². The van der Waals surface area contributed by atoms with Crippen molar-refractivity contribution in [2.24, 2.45) is 0 Å². The van der Waals surface area contributed by atoms with E-state index >= 15 is 0 Å². The molecule has 2 aromatic rings. The second-order valence-electron chi connectivity index (χ2n) is 16.4. The second kappa shape index (κ2) is 23.0. The second-order valence-corrected chi connectivity index (χ2v) is 16.4. The minimum atomic E-state index is -8.91. The standard InChI is InChI=1S/C38H22F34N2O10/c39-23(40,25(43,44)27(47,48)29(51,52)31(55,56)33(59,60)35(63,64)37(67,68)69)7-11-81-19-5-3-15(13-17(19)73(77)78)21(75)83-9-1-2-10-84-22(76)16-4-6-20(18(14-16)74(79)80)82-12-8-24(41,42)26(45,46)28(49,50)30(53,54)32(57,58)34(61,62)36(65,66)38(70,71)72/h3-6,13-14H,1-2,7-12H2. The molecule has 0 spiro atoms. The van der Waals surface area contributed by atoms with Gasteiger partial charge in [0.15, 0.2) is 11.5 Å². The van der Waals surface area contributed by atoms with Gasteiger partial charge in [0.1, 0.15) is 0 Å². The van der Waals surface area contributed by atoms with Gasteiger partial charge in [0.2, 0.25) is 0 Å². The van der Waals surface area contributed by atoms with E-state index in [2.05, 4.69) is 18.9 Å². The topological polar surface area (TPSA) is 157 Å². The van der Waals surface area contributed by atoms with Gasteiger partial charge in [0.05, 0.1) is 60.2 Å². The van der Waals surface area contributed by atoms with Crippen LogP contribution in [-0.4, -0.2) is 143 Å². The summed E-state index contributed by atoms with van der Waals surface area (Å²) < 4.78 is 478. The summed E-state index contributed by atoms with van der Waals surface area (Å²) in [4.78, 5) is 44.7. The van der Waals surface area contributed by atoms with Gasteiger partial charge in [-0.15, -0.1) is 0 Å². The monoisotopic (exact) mass is 1310 g/mol. The van der Waals surface area contributed by atoms with Crippen molar-refractivity contribution in [3.63, 3.8) is 0 Å². The highest BCUT2D eigenvalue weighted by atomic mass is 19.4. The molecular formula is C38H22F34N2O10. The average molecular weight is 1310 g/mol. The molecule has 0 aliphatic heterocycles. The first-order valence-corrected chi connectivity index (χ1v) is 20.7. The minimum Gasteiger partial charge on any atom is -0.487 e. The molecule has 0 bridgehead atoms. The number of nitro benzene ring substituents is 2. The van der Waals surface area contributed by atoms with E-state index in [1.54, 1.807) is 0 Å². The van der Waals surface area contributed by atoms with Crippen molar-refractivity contribution in [2.75, 3.05) is 26.4 Å². The Morgan fingerprint density at radius 2 is 0.571 bits per heavy atom. The summed E-state index contributed by atoms with van der Waals surface area (Å²) in [6.07, 6.45) is -23.1. The number of ether oxygens (including phenoxy) is 4. The molecule has 0 saturated heterocycles. The third kappa shape index (κ3) is 12.3. The van der Waals surface area contributed by atoms with E-state index in [4.69, 9.17) is 0 Å². The van der Waals surface area contributed by atoms with Crippen molar-refractivity contribution >= 4 is 23.3 Å². The predicted octanol–water partition coefficient (Wildman–Crippen LogP) is 14.9. The third-order valence-corrected chi connectivity index (χ3v) is 10.7. The van der Waals surface area contributed by atoms with Crippen LogP contribution >= 0.6 is 0 Å². The van der Waals surface area contributed by atoms with Gasteiger partial charge >= 0.3 is 119 Å². The van der Waals surface area contributed by atoms with Crippen molar-refractivity contribution in [3.8, 4) is 11.5 Å². The van der Waals surface area contributed by atoms with Crippen LogP contribution in [-0.2, 0) is 9.47 Å². The number of nitrogens with zero attached hydrogens (tertiary/aromatic N) is 2. The smallest absolute Gasteiger partial charge is 0.460 e. The number of hydrogen-bond donors (Lipinski definition) is 0. The van der Waals surface area contributed by atoms with E-state index in [9.17, 15) is 179 Å². The fraction of sp³-hybridized carbons (Fsp3) is 0.632. The van der Waals surface area contributed by atoms with Crippen LogP contribution in [0.4, 0.5) is 161 Å². The number of carbonyl (C=O) groups excluding carboxylic acids is 2. The lowest BCUT2D eigenvalue weighted by Crippen LogP contribution is -2.74. The Labute approximate surface area is 438 Å². The summed E-state index contributed by atoms with van der Waals surface area (Å²) in [5.74, 6) is -123. The van der Waals surface area contributed by atoms with Gasteiger partial charge in [-0.1, -0.05) is 0 Å². The average Bonchev–Trinajstić information content (AvgIpc) is 0.790. The Bertz CT molecular complexity index is 2540. The number of nitro groups is 2. The van der Waals surface area contributed by atoms with Crippen molar-refractivity contribution in [3.05, 3.63) is 67.8 Å². The third-order valence-electron chi connectivity index (χ3n) is 10.7. The van der Waals surface area contributed by atoms with Crippen LogP contribution in [0, 0.1) is 20.2 Å². The highest BCUT2D eigenvalue weighted by Crippen LogP contribution is 2.66. The molecule has 0 heterocycles. The first-order valence-electron chi connectivity index (χ1n) is 20.7. The van der Waals surface area contributed by atoms with Crippen LogP contribution < -0.4 is 9.47 Å². The Hall–Kier alpha value is -6.60. The molecule has 0 atom stereocenters. The molecule has 12 nitrogen and oxygen atoms in total. The molecule has 0 aliphatic carbocycles. The number of carbonyl (C=O) groups is 2. The van der Waals surface area contributed by atoms with Gasteiger partial charge in [-0.2, -0.15) is 149 Å². The van der Waals surface area contributed by atoms with Crippen molar-refractivity contribution in [2.45, 2.75) is 121 Å². The number of halogens is 34. The molecule has 46 heteroatoms. The zero-order valence-corrected chi connectivity index (χ0v) is 38.9. The van der Waals surface area contributed by atoms with E-state index in [1.165, 1.54) is 0 Å². The minimum absolute atomic E-state index is 0.126. The molecular weight excluding hydrogens is 1290 g/mol. The van der Waals surface area contributed by atoms with Crippen LogP contribution in [0.1, 0.15) is 46.4 Å². The van der Waals surface area contributed by atoms with Crippen molar-refractivity contribution in [1.82, 2.24) is 0 Å². The molecule has 0 fully saturated rings. The summed E-state index contributed by atoms with van der Waals surface area (Å²) in [5, 5.41) is 23.0. The van der Waals surface area contributed by atoms with E-state index in [0.717, 1.165) is 0 Å². The first-order chi connectivity index (χ1) is 37.1. The number of alkyl halides is 34. The molecule has 0 radical (unpaired) electrons. The van der Waals surface area contributed by atoms with Gasteiger partial charge < -0.3 is 18.9 Å². The SMILES string of the molecule is O=C(OCCCCOC(=O)c1ccc(OCCC(F)(F)C(F)(F)C(F)(F)C(F)(F)C(F)(F)C(F)(F)C(F)(F)C(F)(F)F)c([N+](=O)[O-])c1)c1ccc(OCCC(F)(F)C(F)(F)C(F)(F)C(F)(F)C(F)(F)C(F)(F)C(F)(F)C(F)(F)F)c([N+](=O)[O-])c1. The number of unbranched alkanes of at least 4 members (excludes halogenated alkanes) is 1. The van der Waals surface area contributed by atoms with Gasteiger partial charge in [-0.3, -0.25) is 20.2 Å². The molecule has 0 aromatic heterocycles. The van der Waals surface area contributed by atoms with E-state index < -0.39 is 203 Å². The summed E-state index contributed by atoms with van der Waals surface area (Å²) in [6, 6.07) is 1.51. The summed E-state index contributed by atoms with van der Waals surface area (Å²) in [5.41, 5.74) is -4.97. The maximum absolute atomic E-state index is 14.3. The fourth-order valence-electron chi connectivity index (χ4n) is 5.80. The predicted molar refractivity (Wildman–Crippen MR) is 198 cm³/mol. The van der Waals surface area contributed by atoms with Crippen LogP contribution in [0.15, 0.2) is 36.4 Å². The maximum atomic E-state index is 14.3. The molecule has 0 aliphatic rings. The normalized spacial score (nSPS) is 14.7. The number of esters is 2. The molecule has 2 aromatic carbocycles. The largest absolute Gasteiger partial charge is 0.487 e. The van der Waals surface area contributed by atoms with E-state index in [-0.39, 0.29) is 24.3 Å². The molecule has 2 rings (SSSR count). The number of benzene rings is 2. The molecule has 0 saturated carbocycles. The van der Waals surface area contributed by atoms with Crippen LogP contribution in [0.25, 0.3) is 0 Å². The molecule has 0 N–H and O–H groups in total. The van der Waals surface area contributed by atoms with Gasteiger partial charge in [-0.25, -0.2) is 9.59 Å². The summed E-state index contributed by atoms with van der Waals surface area (Å²) in [7, 11) is 0. The van der Waals surface area contributed by atoms with Crippen molar-refractivity contribution < 1.29 is 188 Å². The Kier molecular flexibility index (Phi) is 20.1. The number of hydrogen-bond acceptors (Lipinski definition) is 10. The molecule has 84 heavy (non-hydrogen) atoms. The lowest BCUT2D eigenvalue weighted by molar-refractivity contribution is -0.461. The highest BCUT2D eigenvalue weighted by Gasteiger charge is 2.97. The van der Waals surface area contributed by atoms with Crippen LogP contribution in [0.2, 0.25) is 0 Å². The Morgan fingerprint density at radius 3 is 0.798 bits per heavy atom. The lowest BCUT2D eigenvalue weighted by atomic mass is 9.88. The lowest BCUT2D eigenvalue weighted by Gasteiger charge is -2.42. The fourth-order valence-corrected chi connectivity index (χ4v) is 5.80. The first kappa shape index (κ1) is 73.5. The molecule has 0 unspecified atom stereocenters. The highest BCUT2D eigenvalue weighted by molar-refractivity contribution is 5.91.